The Morgan fingerprint density at radius 1 is 1.04 bits per heavy atom. The van der Waals surface area contributed by atoms with Gasteiger partial charge in [0.1, 0.15) is 0 Å². The number of nitrogens with zero attached hydrogens (tertiary/aromatic N) is 1. The van der Waals surface area contributed by atoms with E-state index in [1.54, 1.807) is 0 Å². The largest absolute Gasteiger partial charge is 0.347 e. The molecule has 4 rings (SSSR count). The molecule has 144 valence electrons. The van der Waals surface area contributed by atoms with Crippen LogP contribution in [0.1, 0.15) is 39.2 Å². The number of likely N-dealkylation sites (tertiary alicyclic amines) is 1. The van der Waals surface area contributed by atoms with Crippen molar-refractivity contribution in [1.82, 2.24) is 10.2 Å². The minimum absolute atomic E-state index is 0.00302. The van der Waals surface area contributed by atoms with Gasteiger partial charge in [-0.2, -0.15) is 0 Å². The molecule has 1 fully saturated rings. The Hall–Kier alpha value is -2.43. The van der Waals surface area contributed by atoms with Crippen molar-refractivity contribution < 1.29 is 4.79 Å². The summed E-state index contributed by atoms with van der Waals surface area (Å²) in [4.78, 5) is 15.8. The monoisotopic (exact) mass is 390 g/mol. The lowest BCUT2D eigenvalue weighted by Gasteiger charge is -2.15. The van der Waals surface area contributed by atoms with Crippen LogP contribution in [0.2, 0.25) is 0 Å². The molecule has 0 atom stereocenters. The molecule has 2 heterocycles. The maximum absolute atomic E-state index is 12.5. The van der Waals surface area contributed by atoms with E-state index in [0.717, 1.165) is 22.5 Å². The first-order valence-electron chi connectivity index (χ1n) is 9.92. The summed E-state index contributed by atoms with van der Waals surface area (Å²) in [5.41, 5.74) is 5.91. The van der Waals surface area contributed by atoms with Crippen molar-refractivity contribution in [3.05, 3.63) is 81.5 Å². The minimum Gasteiger partial charge on any atom is -0.347 e. The van der Waals surface area contributed by atoms with Crippen molar-refractivity contribution in [3.63, 3.8) is 0 Å². The molecule has 0 unspecified atom stereocenters. The Bertz CT molecular complexity index is 939. The van der Waals surface area contributed by atoms with Crippen LogP contribution in [-0.2, 0) is 13.1 Å². The average molecular weight is 391 g/mol. The van der Waals surface area contributed by atoms with Gasteiger partial charge in [0.15, 0.2) is 0 Å². The van der Waals surface area contributed by atoms with E-state index >= 15 is 0 Å². The Morgan fingerprint density at radius 3 is 2.50 bits per heavy atom. The molecule has 0 bridgehead atoms. The molecule has 1 aliphatic heterocycles. The van der Waals surface area contributed by atoms with E-state index in [2.05, 4.69) is 52.7 Å². The number of carbonyl (C=O) groups excluding carboxylic acids is 1. The summed E-state index contributed by atoms with van der Waals surface area (Å²) in [6.45, 7) is 5.98. The van der Waals surface area contributed by atoms with Gasteiger partial charge in [0.2, 0.25) is 0 Å². The molecule has 0 spiro atoms. The van der Waals surface area contributed by atoms with Crippen molar-refractivity contribution >= 4 is 17.2 Å². The SMILES string of the molecule is Cc1ccsc1C(=O)NCc1ccccc1-c1ccc(CN2CCCC2)cc1. The summed E-state index contributed by atoms with van der Waals surface area (Å²) < 4.78 is 0. The van der Waals surface area contributed by atoms with Crippen LogP contribution in [0, 0.1) is 6.92 Å². The second-order valence-electron chi connectivity index (χ2n) is 7.45. The molecular formula is C24H26N2OS. The third kappa shape index (κ3) is 4.34. The number of aryl methyl sites for hydroxylation is 1. The van der Waals surface area contributed by atoms with Crippen LogP contribution < -0.4 is 5.32 Å². The maximum atomic E-state index is 12.5. The Morgan fingerprint density at radius 2 is 1.79 bits per heavy atom. The standard InChI is InChI=1S/C24H26N2OS/c1-18-12-15-28-23(18)24(27)25-16-21-6-2-3-7-22(21)20-10-8-19(9-11-20)17-26-13-4-5-14-26/h2-3,6-12,15H,4-5,13-14,16-17H2,1H3,(H,25,27). The maximum Gasteiger partial charge on any atom is 0.261 e. The highest BCUT2D eigenvalue weighted by Crippen LogP contribution is 2.25. The third-order valence-corrected chi connectivity index (χ3v) is 6.41. The molecule has 1 aromatic heterocycles. The molecule has 3 aromatic rings. The van der Waals surface area contributed by atoms with E-state index in [-0.39, 0.29) is 5.91 Å². The molecule has 2 aromatic carbocycles. The second kappa shape index (κ2) is 8.72. The highest BCUT2D eigenvalue weighted by molar-refractivity contribution is 7.12. The van der Waals surface area contributed by atoms with E-state index in [1.165, 1.54) is 54.0 Å². The van der Waals surface area contributed by atoms with E-state index in [9.17, 15) is 4.79 Å². The molecule has 1 amide bonds. The first-order valence-corrected chi connectivity index (χ1v) is 10.8. The Balaban J connectivity index is 1.46. The van der Waals surface area contributed by atoms with E-state index in [1.807, 2.05) is 24.4 Å². The van der Waals surface area contributed by atoms with Crippen LogP contribution >= 0.6 is 11.3 Å². The fourth-order valence-corrected chi connectivity index (χ4v) is 4.65. The number of rotatable bonds is 6. The van der Waals surface area contributed by atoms with Crippen LogP contribution in [0.5, 0.6) is 0 Å². The van der Waals surface area contributed by atoms with Gasteiger partial charge in [0.25, 0.3) is 5.91 Å². The van der Waals surface area contributed by atoms with Gasteiger partial charge >= 0.3 is 0 Å². The zero-order chi connectivity index (χ0) is 19.3. The molecule has 4 heteroatoms. The van der Waals surface area contributed by atoms with Gasteiger partial charge in [-0.25, -0.2) is 0 Å². The van der Waals surface area contributed by atoms with Crippen LogP contribution in [0.3, 0.4) is 0 Å². The summed E-state index contributed by atoms with van der Waals surface area (Å²) in [6, 6.07) is 19.2. The summed E-state index contributed by atoms with van der Waals surface area (Å²) in [5.74, 6) is 0.00302. The Kier molecular flexibility index (Phi) is 5.89. The number of benzene rings is 2. The average Bonchev–Trinajstić information content (AvgIpc) is 3.39. The van der Waals surface area contributed by atoms with Crippen molar-refractivity contribution in [3.8, 4) is 11.1 Å². The van der Waals surface area contributed by atoms with Gasteiger partial charge in [-0.15, -0.1) is 11.3 Å². The fraction of sp³-hybridized carbons (Fsp3) is 0.292. The number of amides is 1. The topological polar surface area (TPSA) is 32.3 Å². The van der Waals surface area contributed by atoms with E-state index in [0.29, 0.717) is 6.54 Å². The van der Waals surface area contributed by atoms with Gasteiger partial charge in [-0.3, -0.25) is 9.69 Å². The fourth-order valence-electron chi connectivity index (χ4n) is 3.81. The minimum atomic E-state index is 0.00302. The van der Waals surface area contributed by atoms with Crippen molar-refractivity contribution in [1.29, 1.82) is 0 Å². The lowest BCUT2D eigenvalue weighted by Crippen LogP contribution is -2.22. The van der Waals surface area contributed by atoms with Crippen LogP contribution in [0.25, 0.3) is 11.1 Å². The molecule has 1 aliphatic rings. The van der Waals surface area contributed by atoms with Crippen LogP contribution in [0.4, 0.5) is 0 Å². The van der Waals surface area contributed by atoms with Gasteiger partial charge < -0.3 is 5.32 Å². The first kappa shape index (κ1) is 18.9. The van der Waals surface area contributed by atoms with E-state index in [4.69, 9.17) is 0 Å². The normalized spacial score (nSPS) is 14.3. The lowest BCUT2D eigenvalue weighted by molar-refractivity contribution is 0.0954. The summed E-state index contributed by atoms with van der Waals surface area (Å²) in [5, 5.41) is 5.04. The molecule has 28 heavy (non-hydrogen) atoms. The molecule has 1 saturated heterocycles. The number of hydrogen-bond donors (Lipinski definition) is 1. The van der Waals surface area contributed by atoms with Gasteiger partial charge in [-0.05, 0) is 72.1 Å². The third-order valence-electron chi connectivity index (χ3n) is 5.39. The van der Waals surface area contributed by atoms with Crippen LogP contribution in [-0.4, -0.2) is 23.9 Å². The molecule has 0 aliphatic carbocycles. The summed E-state index contributed by atoms with van der Waals surface area (Å²) in [7, 11) is 0. The highest BCUT2D eigenvalue weighted by atomic mass is 32.1. The zero-order valence-electron chi connectivity index (χ0n) is 16.3. The Labute approximate surface area is 171 Å². The molecule has 3 nitrogen and oxygen atoms in total. The van der Waals surface area contributed by atoms with Gasteiger partial charge in [0.05, 0.1) is 4.88 Å². The highest BCUT2D eigenvalue weighted by Gasteiger charge is 2.13. The molecular weight excluding hydrogens is 364 g/mol. The number of carbonyl (C=O) groups is 1. The molecule has 1 N–H and O–H groups in total. The second-order valence-corrected chi connectivity index (χ2v) is 8.37. The lowest BCUT2D eigenvalue weighted by atomic mass is 9.98. The smallest absolute Gasteiger partial charge is 0.261 e. The predicted molar refractivity (Wildman–Crippen MR) is 117 cm³/mol. The quantitative estimate of drug-likeness (QED) is 0.623. The summed E-state index contributed by atoms with van der Waals surface area (Å²) >= 11 is 1.49. The predicted octanol–water partition coefficient (Wildman–Crippen LogP) is 5.25. The first-order chi connectivity index (χ1) is 13.7. The van der Waals surface area contributed by atoms with Crippen molar-refractivity contribution in [2.45, 2.75) is 32.9 Å². The number of thiophene rings is 1. The van der Waals surface area contributed by atoms with Crippen molar-refractivity contribution in [2.75, 3.05) is 13.1 Å². The zero-order valence-corrected chi connectivity index (χ0v) is 17.1. The van der Waals surface area contributed by atoms with Gasteiger partial charge in [-0.1, -0.05) is 48.5 Å². The summed E-state index contributed by atoms with van der Waals surface area (Å²) in [6.07, 6.45) is 2.64. The van der Waals surface area contributed by atoms with E-state index < -0.39 is 0 Å². The number of hydrogen-bond acceptors (Lipinski definition) is 3. The van der Waals surface area contributed by atoms with Crippen molar-refractivity contribution in [2.24, 2.45) is 0 Å². The number of nitrogens with one attached hydrogen (secondary N) is 1. The van der Waals surface area contributed by atoms with Crippen LogP contribution in [0.15, 0.2) is 60.0 Å². The molecule has 0 radical (unpaired) electrons. The molecule has 0 saturated carbocycles. The van der Waals surface area contributed by atoms with Gasteiger partial charge in [0, 0.05) is 13.1 Å².